The number of likely N-dealkylation sites (N-methyl/N-ethyl adjacent to an activating group) is 1. The minimum Gasteiger partial charge on any atom is -0.491 e. The molecule has 24 heavy (non-hydrogen) atoms. The topological polar surface area (TPSA) is 59.0 Å². The lowest BCUT2D eigenvalue weighted by Gasteiger charge is -2.24. The molecule has 8 heteroatoms. The molecule has 1 saturated heterocycles. The Kier molecular flexibility index (Phi) is 5.71. The third-order valence-electron chi connectivity index (χ3n) is 3.80. The van der Waals surface area contributed by atoms with E-state index in [2.05, 4.69) is 0 Å². The number of aliphatic hydroxyl groups excluding tert-OH is 1. The Morgan fingerprint density at radius 2 is 2.00 bits per heavy atom. The quantitative estimate of drug-likeness (QED) is 0.799. The third-order valence-corrected chi connectivity index (χ3v) is 3.80. The molecule has 134 valence electrons. The molecule has 1 aliphatic rings. The van der Waals surface area contributed by atoms with Crippen molar-refractivity contribution < 1.29 is 32.5 Å². The first-order chi connectivity index (χ1) is 11.2. The van der Waals surface area contributed by atoms with Gasteiger partial charge in [-0.05, 0) is 38.2 Å². The minimum absolute atomic E-state index is 0.0903. The molecule has 0 aliphatic carbocycles. The molecule has 5 nitrogen and oxygen atoms in total. The van der Waals surface area contributed by atoms with Gasteiger partial charge in [0.2, 0.25) is 0 Å². The summed E-state index contributed by atoms with van der Waals surface area (Å²) in [6, 6.07) is 3.85. The molecule has 1 aromatic carbocycles. The van der Waals surface area contributed by atoms with Gasteiger partial charge in [-0.15, -0.1) is 0 Å². The number of halogens is 3. The van der Waals surface area contributed by atoms with Gasteiger partial charge in [0.25, 0.3) is 0 Å². The molecule has 0 aromatic heterocycles. The summed E-state index contributed by atoms with van der Waals surface area (Å²) < 4.78 is 47.7. The van der Waals surface area contributed by atoms with Crippen LogP contribution >= 0.6 is 0 Å². The van der Waals surface area contributed by atoms with Gasteiger partial charge in [-0.2, -0.15) is 13.2 Å². The summed E-state index contributed by atoms with van der Waals surface area (Å²) in [6.45, 7) is 1.90. The lowest BCUT2D eigenvalue weighted by molar-refractivity contribution is -0.144. The molecule has 1 aromatic rings. The summed E-state index contributed by atoms with van der Waals surface area (Å²) >= 11 is 0. The van der Waals surface area contributed by atoms with Crippen LogP contribution < -0.4 is 4.74 Å². The number of alkyl halides is 3. The lowest BCUT2D eigenvalue weighted by Crippen LogP contribution is -2.41. The Hall–Kier alpha value is -1.80. The molecule has 0 saturated carbocycles. The number of nitrogens with zero attached hydrogens (tertiary/aromatic N) is 1. The molecule has 2 rings (SSSR count). The zero-order valence-corrected chi connectivity index (χ0v) is 13.4. The van der Waals surface area contributed by atoms with Crippen molar-refractivity contribution in [2.24, 2.45) is 0 Å². The number of aliphatic hydroxyl groups is 1. The van der Waals surface area contributed by atoms with E-state index in [1.165, 1.54) is 12.1 Å². The number of hydrogen-bond acceptors (Lipinski definition) is 5. The van der Waals surface area contributed by atoms with E-state index < -0.39 is 23.9 Å². The van der Waals surface area contributed by atoms with Crippen molar-refractivity contribution in [3.8, 4) is 5.75 Å². The first-order valence-corrected chi connectivity index (χ1v) is 7.55. The molecule has 3 atom stereocenters. The molecule has 0 spiro atoms. The highest BCUT2D eigenvalue weighted by molar-refractivity contribution is 5.77. The number of cyclic esters (lactones) is 1. The van der Waals surface area contributed by atoms with Crippen molar-refractivity contribution in [3.05, 3.63) is 29.8 Å². The number of hydrogen-bond donors (Lipinski definition) is 1. The number of carbonyl (C=O) groups is 1. The van der Waals surface area contributed by atoms with Crippen molar-refractivity contribution in [1.82, 2.24) is 4.90 Å². The summed E-state index contributed by atoms with van der Waals surface area (Å²) in [4.78, 5) is 13.3. The Balaban J connectivity index is 1.80. The number of carbonyl (C=O) groups excluding carboxylic acids is 1. The Bertz CT molecular complexity index is 561. The fraction of sp³-hybridized carbons (Fsp3) is 0.562. The maximum Gasteiger partial charge on any atom is 0.416 e. The molecule has 0 radical (unpaired) electrons. The van der Waals surface area contributed by atoms with E-state index in [1.54, 1.807) is 18.9 Å². The van der Waals surface area contributed by atoms with E-state index in [0.717, 1.165) is 12.1 Å². The molecule has 0 bridgehead atoms. The van der Waals surface area contributed by atoms with Crippen LogP contribution in [0.5, 0.6) is 5.75 Å². The largest absolute Gasteiger partial charge is 0.491 e. The van der Waals surface area contributed by atoms with Crippen LogP contribution in [0.25, 0.3) is 0 Å². The van der Waals surface area contributed by atoms with Crippen LogP contribution in [0.1, 0.15) is 18.9 Å². The second-order valence-corrected chi connectivity index (χ2v) is 5.93. The van der Waals surface area contributed by atoms with Crippen molar-refractivity contribution in [1.29, 1.82) is 0 Å². The second-order valence-electron chi connectivity index (χ2n) is 5.93. The van der Waals surface area contributed by atoms with Crippen LogP contribution in [0.3, 0.4) is 0 Å². The monoisotopic (exact) mass is 347 g/mol. The second kappa shape index (κ2) is 7.40. The molecule has 1 aliphatic heterocycles. The van der Waals surface area contributed by atoms with Crippen molar-refractivity contribution in [2.45, 2.75) is 37.8 Å². The van der Waals surface area contributed by atoms with E-state index >= 15 is 0 Å². The maximum absolute atomic E-state index is 12.5. The number of ether oxygens (including phenoxy) is 2. The van der Waals surface area contributed by atoms with Gasteiger partial charge in [0.15, 0.2) is 0 Å². The van der Waals surface area contributed by atoms with Crippen molar-refractivity contribution >= 4 is 5.97 Å². The van der Waals surface area contributed by atoms with Gasteiger partial charge in [0, 0.05) is 13.0 Å². The SMILES string of the molecule is C[C@@H]1C[C@H](N(C)C[C@H](O)COc2ccc(C(F)(F)F)cc2)C(=O)O1. The third kappa shape index (κ3) is 4.85. The van der Waals surface area contributed by atoms with Crippen LogP contribution in [-0.2, 0) is 15.7 Å². The van der Waals surface area contributed by atoms with Crippen LogP contribution in [0.4, 0.5) is 13.2 Å². The zero-order chi connectivity index (χ0) is 17.9. The van der Waals surface area contributed by atoms with Gasteiger partial charge in [0.1, 0.15) is 30.6 Å². The summed E-state index contributed by atoms with van der Waals surface area (Å²) in [7, 11) is 1.70. The zero-order valence-electron chi connectivity index (χ0n) is 13.4. The lowest BCUT2D eigenvalue weighted by atomic mass is 10.1. The predicted octanol–water partition coefficient (Wildman–Crippen LogP) is 2.08. The highest BCUT2D eigenvalue weighted by Gasteiger charge is 2.35. The highest BCUT2D eigenvalue weighted by Crippen LogP contribution is 2.30. The number of esters is 1. The van der Waals surface area contributed by atoms with Gasteiger partial charge in [0.05, 0.1) is 5.56 Å². The minimum atomic E-state index is -4.40. The standard InChI is InChI=1S/C16H20F3NO4/c1-10-7-14(15(22)24-10)20(2)8-12(21)9-23-13-5-3-11(4-6-13)16(17,18)19/h3-6,10,12,14,21H,7-9H2,1-2H3/t10-,12+,14+/m1/s1. The first-order valence-electron chi connectivity index (χ1n) is 7.55. The summed E-state index contributed by atoms with van der Waals surface area (Å²) in [5, 5.41) is 9.98. The fourth-order valence-electron chi connectivity index (χ4n) is 2.54. The van der Waals surface area contributed by atoms with Crippen LogP contribution in [-0.4, -0.2) is 54.4 Å². The van der Waals surface area contributed by atoms with E-state index in [9.17, 15) is 23.1 Å². The fourth-order valence-corrected chi connectivity index (χ4v) is 2.54. The smallest absolute Gasteiger partial charge is 0.416 e. The van der Waals surface area contributed by atoms with Gasteiger partial charge < -0.3 is 14.6 Å². The first kappa shape index (κ1) is 18.5. The average Bonchev–Trinajstić information content (AvgIpc) is 2.83. The van der Waals surface area contributed by atoms with Crippen LogP contribution in [0.2, 0.25) is 0 Å². The molecular formula is C16H20F3NO4. The average molecular weight is 347 g/mol. The molecule has 0 unspecified atom stereocenters. The van der Waals surface area contributed by atoms with Gasteiger partial charge in [-0.3, -0.25) is 9.69 Å². The van der Waals surface area contributed by atoms with Gasteiger partial charge >= 0.3 is 12.1 Å². The number of benzene rings is 1. The Labute approximate surface area is 138 Å². The van der Waals surface area contributed by atoms with Crippen molar-refractivity contribution in [2.75, 3.05) is 20.2 Å². The predicted molar refractivity (Wildman–Crippen MR) is 79.5 cm³/mol. The maximum atomic E-state index is 12.5. The molecule has 1 fully saturated rings. The normalized spacial score (nSPS) is 22.5. The summed E-state index contributed by atoms with van der Waals surface area (Å²) in [5.41, 5.74) is -0.760. The Morgan fingerprint density at radius 3 is 2.50 bits per heavy atom. The molecule has 1 N–H and O–H groups in total. The molecular weight excluding hydrogens is 327 g/mol. The van der Waals surface area contributed by atoms with E-state index in [0.29, 0.717) is 6.42 Å². The molecule has 0 amide bonds. The van der Waals surface area contributed by atoms with Crippen LogP contribution in [0, 0.1) is 0 Å². The summed E-state index contributed by atoms with van der Waals surface area (Å²) in [5.74, 6) is -0.0838. The van der Waals surface area contributed by atoms with E-state index in [4.69, 9.17) is 9.47 Å². The Morgan fingerprint density at radius 1 is 1.38 bits per heavy atom. The highest BCUT2D eigenvalue weighted by atomic mass is 19.4. The van der Waals surface area contributed by atoms with E-state index in [-0.39, 0.29) is 31.0 Å². The molecule has 1 heterocycles. The van der Waals surface area contributed by atoms with Crippen LogP contribution in [0.15, 0.2) is 24.3 Å². The number of rotatable bonds is 6. The van der Waals surface area contributed by atoms with E-state index in [1.807, 2.05) is 0 Å². The summed E-state index contributed by atoms with van der Waals surface area (Å²) in [6.07, 6.45) is -4.87. The van der Waals surface area contributed by atoms with Gasteiger partial charge in [-0.25, -0.2) is 0 Å². The van der Waals surface area contributed by atoms with Gasteiger partial charge in [-0.1, -0.05) is 0 Å². The van der Waals surface area contributed by atoms with Crippen molar-refractivity contribution in [3.63, 3.8) is 0 Å².